The maximum absolute atomic E-state index is 4.64. The first-order chi connectivity index (χ1) is 10.4. The number of fused-ring (bicyclic) bond motifs is 1. The van der Waals surface area contributed by atoms with Gasteiger partial charge in [0.15, 0.2) is 0 Å². The standard InChI is InChI=1S/C17H24N4.ClH/c1-2-4-17-15(3-1)11-19-21(17)16-7-10-20(13-16)12-14-5-8-18-9-6-14;/h1-4,11,14,16,18H,5-10,12-13H2;1H. The van der Waals surface area contributed by atoms with E-state index in [1.165, 1.54) is 56.3 Å². The smallest absolute Gasteiger partial charge is 0.0686 e. The van der Waals surface area contributed by atoms with E-state index in [-0.39, 0.29) is 12.4 Å². The third-order valence-electron chi connectivity index (χ3n) is 5.07. The average molecular weight is 321 g/mol. The van der Waals surface area contributed by atoms with Gasteiger partial charge >= 0.3 is 0 Å². The van der Waals surface area contributed by atoms with E-state index in [1.807, 2.05) is 6.20 Å². The van der Waals surface area contributed by atoms with Gasteiger partial charge < -0.3 is 10.2 Å². The van der Waals surface area contributed by atoms with Gasteiger partial charge in [-0.25, -0.2) is 0 Å². The van der Waals surface area contributed by atoms with Crippen molar-refractivity contribution in [1.29, 1.82) is 0 Å². The minimum Gasteiger partial charge on any atom is -0.317 e. The minimum atomic E-state index is 0. The molecule has 2 aliphatic heterocycles. The number of nitrogens with zero attached hydrogens (tertiary/aromatic N) is 3. The summed E-state index contributed by atoms with van der Waals surface area (Å²) in [6, 6.07) is 9.10. The lowest BCUT2D eigenvalue weighted by Gasteiger charge is -2.27. The molecule has 0 aliphatic carbocycles. The zero-order valence-corrected chi connectivity index (χ0v) is 13.8. The second-order valence-corrected chi connectivity index (χ2v) is 6.54. The van der Waals surface area contributed by atoms with Crippen molar-refractivity contribution in [2.24, 2.45) is 5.92 Å². The van der Waals surface area contributed by atoms with Crippen molar-refractivity contribution in [3.63, 3.8) is 0 Å². The molecule has 0 radical (unpaired) electrons. The van der Waals surface area contributed by atoms with E-state index < -0.39 is 0 Å². The number of nitrogens with one attached hydrogen (secondary N) is 1. The van der Waals surface area contributed by atoms with Gasteiger partial charge in [0.05, 0.1) is 17.8 Å². The van der Waals surface area contributed by atoms with Gasteiger partial charge in [-0.05, 0) is 44.3 Å². The van der Waals surface area contributed by atoms with Crippen molar-refractivity contribution in [3.05, 3.63) is 30.5 Å². The molecule has 1 aromatic carbocycles. The summed E-state index contributed by atoms with van der Waals surface area (Å²) in [5.41, 5.74) is 1.28. The van der Waals surface area contributed by atoms with Crippen LogP contribution in [-0.4, -0.2) is 47.4 Å². The van der Waals surface area contributed by atoms with Gasteiger partial charge in [0, 0.05) is 25.0 Å². The van der Waals surface area contributed by atoms with Crippen LogP contribution in [0.2, 0.25) is 0 Å². The highest BCUT2D eigenvalue weighted by atomic mass is 35.5. The van der Waals surface area contributed by atoms with E-state index in [0.29, 0.717) is 6.04 Å². The first-order valence-electron chi connectivity index (χ1n) is 8.25. The van der Waals surface area contributed by atoms with Crippen LogP contribution >= 0.6 is 12.4 Å². The minimum absolute atomic E-state index is 0. The van der Waals surface area contributed by atoms with Crippen molar-refractivity contribution in [3.8, 4) is 0 Å². The Kier molecular flexibility index (Phi) is 5.01. The molecule has 0 saturated carbocycles. The fraction of sp³-hybridized carbons (Fsp3) is 0.588. The number of rotatable bonds is 3. The fourth-order valence-electron chi connectivity index (χ4n) is 3.89. The summed E-state index contributed by atoms with van der Waals surface area (Å²) in [6.07, 6.45) is 5.92. The van der Waals surface area contributed by atoms with Crippen LogP contribution in [0.3, 0.4) is 0 Å². The quantitative estimate of drug-likeness (QED) is 0.944. The molecular weight excluding hydrogens is 296 g/mol. The number of benzene rings is 1. The number of aromatic nitrogens is 2. The van der Waals surface area contributed by atoms with Crippen LogP contribution < -0.4 is 5.32 Å². The molecule has 4 rings (SSSR count). The van der Waals surface area contributed by atoms with Crippen molar-refractivity contribution in [2.75, 3.05) is 32.7 Å². The Morgan fingerprint density at radius 3 is 2.82 bits per heavy atom. The molecule has 22 heavy (non-hydrogen) atoms. The number of para-hydroxylation sites is 1. The summed E-state index contributed by atoms with van der Waals surface area (Å²) >= 11 is 0. The van der Waals surface area contributed by atoms with Crippen molar-refractivity contribution >= 4 is 23.3 Å². The number of piperidine rings is 1. The molecule has 1 N–H and O–H groups in total. The molecule has 2 aromatic rings. The molecule has 3 heterocycles. The highest BCUT2D eigenvalue weighted by Gasteiger charge is 2.27. The largest absolute Gasteiger partial charge is 0.317 e. The maximum Gasteiger partial charge on any atom is 0.0686 e. The molecule has 120 valence electrons. The molecule has 2 saturated heterocycles. The summed E-state index contributed by atoms with van der Waals surface area (Å²) in [6.45, 7) is 6.06. The number of hydrogen-bond donors (Lipinski definition) is 1. The molecule has 0 bridgehead atoms. The zero-order valence-electron chi connectivity index (χ0n) is 12.9. The van der Waals surface area contributed by atoms with Crippen LogP contribution in [0.25, 0.3) is 10.9 Å². The van der Waals surface area contributed by atoms with Gasteiger partial charge in [-0.2, -0.15) is 5.10 Å². The topological polar surface area (TPSA) is 33.1 Å². The average Bonchev–Trinajstić information content (AvgIpc) is 3.14. The maximum atomic E-state index is 4.64. The highest BCUT2D eigenvalue weighted by molar-refractivity contribution is 5.85. The zero-order chi connectivity index (χ0) is 14.1. The first-order valence-corrected chi connectivity index (χ1v) is 8.25. The molecular formula is C17H25ClN4. The molecule has 4 nitrogen and oxygen atoms in total. The lowest BCUT2D eigenvalue weighted by Crippen LogP contribution is -2.35. The summed E-state index contributed by atoms with van der Waals surface area (Å²) in [7, 11) is 0. The fourth-order valence-corrected chi connectivity index (χ4v) is 3.89. The van der Waals surface area contributed by atoms with Crippen LogP contribution in [0.1, 0.15) is 25.3 Å². The van der Waals surface area contributed by atoms with E-state index in [1.54, 1.807) is 0 Å². The van der Waals surface area contributed by atoms with Crippen molar-refractivity contribution in [1.82, 2.24) is 20.0 Å². The Bertz CT molecular complexity index is 605. The number of hydrogen-bond acceptors (Lipinski definition) is 3. The van der Waals surface area contributed by atoms with E-state index in [0.717, 1.165) is 12.5 Å². The molecule has 1 unspecified atom stereocenters. The summed E-state index contributed by atoms with van der Waals surface area (Å²) in [4.78, 5) is 2.65. The van der Waals surface area contributed by atoms with Crippen LogP contribution in [-0.2, 0) is 0 Å². The third kappa shape index (κ3) is 3.14. The molecule has 1 atom stereocenters. The second-order valence-electron chi connectivity index (χ2n) is 6.54. The van der Waals surface area contributed by atoms with E-state index in [2.05, 4.69) is 44.3 Å². The lowest BCUT2D eigenvalue weighted by molar-refractivity contribution is 0.234. The SMILES string of the molecule is Cl.c1ccc2c(c1)cnn2C1CCN(CC2CCNCC2)C1. The molecule has 0 amide bonds. The van der Waals surface area contributed by atoms with Gasteiger partial charge in [-0.1, -0.05) is 18.2 Å². The van der Waals surface area contributed by atoms with E-state index >= 15 is 0 Å². The predicted molar refractivity (Wildman–Crippen MR) is 92.7 cm³/mol. The van der Waals surface area contributed by atoms with Crippen molar-refractivity contribution in [2.45, 2.75) is 25.3 Å². The molecule has 1 aromatic heterocycles. The molecule has 5 heteroatoms. The monoisotopic (exact) mass is 320 g/mol. The third-order valence-corrected chi connectivity index (χ3v) is 5.07. The van der Waals surface area contributed by atoms with Crippen molar-refractivity contribution < 1.29 is 0 Å². The molecule has 0 spiro atoms. The van der Waals surface area contributed by atoms with Gasteiger partial charge in [0.1, 0.15) is 0 Å². The summed E-state index contributed by atoms with van der Waals surface area (Å²) in [5, 5.41) is 9.36. The Hall–Kier alpha value is -1.10. The van der Waals surface area contributed by atoms with Gasteiger partial charge in [0.2, 0.25) is 0 Å². The molecule has 2 aliphatic rings. The first kappa shape index (κ1) is 15.8. The van der Waals surface area contributed by atoms with Gasteiger partial charge in [0.25, 0.3) is 0 Å². The Morgan fingerprint density at radius 1 is 1.14 bits per heavy atom. The Morgan fingerprint density at radius 2 is 1.95 bits per heavy atom. The normalized spacial score (nSPS) is 23.7. The van der Waals surface area contributed by atoms with Crippen LogP contribution in [0.4, 0.5) is 0 Å². The number of likely N-dealkylation sites (tertiary alicyclic amines) is 1. The van der Waals surface area contributed by atoms with Crippen LogP contribution in [0, 0.1) is 5.92 Å². The summed E-state index contributed by atoms with van der Waals surface area (Å²) in [5.74, 6) is 0.888. The predicted octanol–water partition coefficient (Wildman–Crippen LogP) is 2.70. The Balaban J connectivity index is 0.00000144. The van der Waals surface area contributed by atoms with Gasteiger partial charge in [-0.3, -0.25) is 4.68 Å². The second kappa shape index (κ2) is 6.99. The number of halogens is 1. The summed E-state index contributed by atoms with van der Waals surface area (Å²) < 4.78 is 2.25. The van der Waals surface area contributed by atoms with E-state index in [4.69, 9.17) is 0 Å². The Labute approximate surface area is 138 Å². The highest BCUT2D eigenvalue weighted by Crippen LogP contribution is 2.27. The van der Waals surface area contributed by atoms with E-state index in [9.17, 15) is 0 Å². The lowest BCUT2D eigenvalue weighted by atomic mass is 9.98. The van der Waals surface area contributed by atoms with Gasteiger partial charge in [-0.15, -0.1) is 12.4 Å². The molecule has 2 fully saturated rings. The van der Waals surface area contributed by atoms with Crippen LogP contribution in [0.5, 0.6) is 0 Å². The van der Waals surface area contributed by atoms with Crippen LogP contribution in [0.15, 0.2) is 30.5 Å².